The number of pyridine rings is 1. The summed E-state index contributed by atoms with van der Waals surface area (Å²) in [6, 6.07) is 13.1. The van der Waals surface area contributed by atoms with Crippen LogP contribution in [0.3, 0.4) is 0 Å². The second-order valence-electron chi connectivity index (χ2n) is 5.83. The van der Waals surface area contributed by atoms with Gasteiger partial charge in [-0.05, 0) is 48.4 Å². The third-order valence-corrected chi connectivity index (χ3v) is 4.23. The molecule has 0 bridgehead atoms. The summed E-state index contributed by atoms with van der Waals surface area (Å²) in [7, 11) is 1.62. The Balaban J connectivity index is 2.03. The van der Waals surface area contributed by atoms with E-state index in [1.54, 1.807) is 19.2 Å². The summed E-state index contributed by atoms with van der Waals surface area (Å²) in [6.45, 7) is 1.93. The van der Waals surface area contributed by atoms with Crippen molar-refractivity contribution in [1.29, 1.82) is 0 Å². The van der Waals surface area contributed by atoms with Crippen molar-refractivity contribution < 1.29 is 4.74 Å². The van der Waals surface area contributed by atoms with Crippen LogP contribution in [0.2, 0.25) is 0 Å². The molecule has 4 rings (SSSR count). The number of fused-ring (bicyclic) bond motifs is 2. The standard InChI is InChI=1S/C19H15N3O3/c1-10-3-5-13-12(6-8-16(25-2)17(13)20-10)11-4-7-15-14(9-11)18(23)22-19(24)21-15/h3-9H,1-2H3,(H2,21,22,23,24). The summed E-state index contributed by atoms with van der Waals surface area (Å²) >= 11 is 0. The second kappa shape index (κ2) is 5.59. The Morgan fingerprint density at radius 2 is 1.80 bits per heavy atom. The third kappa shape index (κ3) is 2.48. The number of aromatic amines is 2. The van der Waals surface area contributed by atoms with Crippen LogP contribution < -0.4 is 16.0 Å². The van der Waals surface area contributed by atoms with Crippen molar-refractivity contribution in [2.45, 2.75) is 6.92 Å². The number of hydrogen-bond donors (Lipinski definition) is 2. The maximum absolute atomic E-state index is 12.1. The SMILES string of the molecule is COc1ccc(-c2ccc3[nH]c(=O)[nH]c(=O)c3c2)c2ccc(C)nc12. The molecule has 0 radical (unpaired) electrons. The van der Waals surface area contributed by atoms with E-state index in [4.69, 9.17) is 4.74 Å². The number of aromatic nitrogens is 3. The van der Waals surface area contributed by atoms with Gasteiger partial charge in [-0.3, -0.25) is 9.78 Å². The molecule has 2 aromatic carbocycles. The smallest absolute Gasteiger partial charge is 0.326 e. The van der Waals surface area contributed by atoms with Crippen LogP contribution in [0.25, 0.3) is 32.9 Å². The monoisotopic (exact) mass is 333 g/mol. The molecule has 2 aromatic heterocycles. The van der Waals surface area contributed by atoms with E-state index in [0.717, 1.165) is 27.7 Å². The molecule has 0 saturated carbocycles. The lowest BCUT2D eigenvalue weighted by Crippen LogP contribution is -2.21. The highest BCUT2D eigenvalue weighted by atomic mass is 16.5. The number of methoxy groups -OCH3 is 1. The molecule has 0 amide bonds. The minimum absolute atomic E-state index is 0.410. The highest BCUT2D eigenvalue weighted by molar-refractivity contribution is 5.99. The zero-order valence-corrected chi connectivity index (χ0v) is 13.7. The molecule has 0 aliphatic carbocycles. The molecule has 0 aliphatic rings. The molecular formula is C19H15N3O3. The zero-order valence-electron chi connectivity index (χ0n) is 13.7. The molecule has 6 heteroatoms. The average Bonchev–Trinajstić information content (AvgIpc) is 2.60. The van der Waals surface area contributed by atoms with Gasteiger partial charge in [0.15, 0.2) is 0 Å². The minimum Gasteiger partial charge on any atom is -0.494 e. The number of rotatable bonds is 2. The van der Waals surface area contributed by atoms with Gasteiger partial charge in [-0.1, -0.05) is 12.1 Å². The first kappa shape index (κ1) is 15.1. The molecule has 0 fully saturated rings. The Bertz CT molecular complexity index is 1240. The Morgan fingerprint density at radius 1 is 0.960 bits per heavy atom. The Kier molecular flexibility index (Phi) is 3.39. The molecule has 2 heterocycles. The first-order chi connectivity index (χ1) is 12.1. The van der Waals surface area contributed by atoms with Crippen molar-refractivity contribution in [2.75, 3.05) is 7.11 Å². The number of aryl methyl sites for hydroxylation is 1. The second-order valence-corrected chi connectivity index (χ2v) is 5.83. The van der Waals surface area contributed by atoms with Crippen LogP contribution in [-0.2, 0) is 0 Å². The fourth-order valence-electron chi connectivity index (χ4n) is 3.04. The van der Waals surface area contributed by atoms with Crippen LogP contribution in [0, 0.1) is 6.92 Å². The van der Waals surface area contributed by atoms with E-state index in [2.05, 4.69) is 15.0 Å². The lowest BCUT2D eigenvalue weighted by molar-refractivity contribution is 0.419. The molecule has 0 spiro atoms. The van der Waals surface area contributed by atoms with Gasteiger partial charge in [-0.2, -0.15) is 0 Å². The van der Waals surface area contributed by atoms with Gasteiger partial charge in [0.25, 0.3) is 5.56 Å². The molecule has 0 aliphatic heterocycles. The van der Waals surface area contributed by atoms with E-state index < -0.39 is 11.2 Å². The summed E-state index contributed by atoms with van der Waals surface area (Å²) < 4.78 is 5.42. The molecular weight excluding hydrogens is 318 g/mol. The Labute approximate surface area is 142 Å². The molecule has 0 unspecified atom stereocenters. The summed E-state index contributed by atoms with van der Waals surface area (Å²) in [5, 5.41) is 1.37. The van der Waals surface area contributed by atoms with E-state index in [0.29, 0.717) is 16.7 Å². The Hall–Kier alpha value is -3.41. The molecule has 0 atom stereocenters. The van der Waals surface area contributed by atoms with E-state index in [9.17, 15) is 9.59 Å². The van der Waals surface area contributed by atoms with Crippen molar-refractivity contribution in [1.82, 2.24) is 15.0 Å². The first-order valence-electron chi connectivity index (χ1n) is 7.78. The van der Waals surface area contributed by atoms with Gasteiger partial charge in [0.05, 0.1) is 18.0 Å². The van der Waals surface area contributed by atoms with Crippen molar-refractivity contribution in [3.05, 3.63) is 69.0 Å². The molecule has 6 nitrogen and oxygen atoms in total. The van der Waals surface area contributed by atoms with Gasteiger partial charge >= 0.3 is 5.69 Å². The summed E-state index contributed by atoms with van der Waals surface area (Å²) in [5.74, 6) is 0.699. The van der Waals surface area contributed by atoms with E-state index in [1.807, 2.05) is 37.3 Å². The fourth-order valence-corrected chi connectivity index (χ4v) is 3.04. The molecule has 4 aromatic rings. The highest BCUT2D eigenvalue weighted by Crippen LogP contribution is 2.34. The van der Waals surface area contributed by atoms with E-state index in [-0.39, 0.29) is 0 Å². The molecule has 0 saturated heterocycles. The van der Waals surface area contributed by atoms with Crippen molar-refractivity contribution in [2.24, 2.45) is 0 Å². The highest BCUT2D eigenvalue weighted by Gasteiger charge is 2.11. The predicted octanol–water partition coefficient (Wildman–Crippen LogP) is 2.75. The summed E-state index contributed by atoms with van der Waals surface area (Å²) in [5.41, 5.74) is 3.06. The van der Waals surface area contributed by atoms with Gasteiger partial charge < -0.3 is 9.72 Å². The van der Waals surface area contributed by atoms with Gasteiger partial charge in [-0.15, -0.1) is 0 Å². The number of ether oxygens (including phenoxy) is 1. The Morgan fingerprint density at radius 3 is 2.60 bits per heavy atom. The zero-order chi connectivity index (χ0) is 17.6. The van der Waals surface area contributed by atoms with Crippen LogP contribution >= 0.6 is 0 Å². The van der Waals surface area contributed by atoms with E-state index in [1.165, 1.54) is 0 Å². The van der Waals surface area contributed by atoms with Crippen molar-refractivity contribution >= 4 is 21.8 Å². The number of nitrogens with one attached hydrogen (secondary N) is 2. The number of H-pyrrole nitrogens is 2. The lowest BCUT2D eigenvalue weighted by Gasteiger charge is -2.11. The van der Waals surface area contributed by atoms with Gasteiger partial charge in [0.1, 0.15) is 11.3 Å². The quantitative estimate of drug-likeness (QED) is 0.590. The fraction of sp³-hybridized carbons (Fsp3) is 0.105. The minimum atomic E-state index is -0.514. The lowest BCUT2D eigenvalue weighted by atomic mass is 9.98. The van der Waals surface area contributed by atoms with Gasteiger partial charge in [0.2, 0.25) is 0 Å². The van der Waals surface area contributed by atoms with Crippen LogP contribution in [0.4, 0.5) is 0 Å². The van der Waals surface area contributed by atoms with Crippen LogP contribution in [0.15, 0.2) is 52.1 Å². The maximum atomic E-state index is 12.1. The predicted molar refractivity (Wildman–Crippen MR) is 97.2 cm³/mol. The van der Waals surface area contributed by atoms with Crippen molar-refractivity contribution in [3.63, 3.8) is 0 Å². The number of nitrogens with zero attached hydrogens (tertiary/aromatic N) is 1. The third-order valence-electron chi connectivity index (χ3n) is 4.23. The van der Waals surface area contributed by atoms with Crippen LogP contribution in [-0.4, -0.2) is 22.1 Å². The number of benzene rings is 2. The first-order valence-corrected chi connectivity index (χ1v) is 7.78. The number of hydrogen-bond acceptors (Lipinski definition) is 4. The maximum Gasteiger partial charge on any atom is 0.326 e. The summed E-state index contributed by atoms with van der Waals surface area (Å²) in [4.78, 5) is 33.0. The van der Waals surface area contributed by atoms with Gasteiger partial charge in [0, 0.05) is 11.1 Å². The molecule has 2 N–H and O–H groups in total. The van der Waals surface area contributed by atoms with E-state index >= 15 is 0 Å². The molecule has 25 heavy (non-hydrogen) atoms. The average molecular weight is 333 g/mol. The normalized spacial score (nSPS) is 11.1. The van der Waals surface area contributed by atoms with Crippen LogP contribution in [0.5, 0.6) is 5.75 Å². The molecule has 124 valence electrons. The van der Waals surface area contributed by atoms with Gasteiger partial charge in [-0.25, -0.2) is 9.78 Å². The topological polar surface area (TPSA) is 87.8 Å². The largest absolute Gasteiger partial charge is 0.494 e. The van der Waals surface area contributed by atoms with Crippen LogP contribution in [0.1, 0.15) is 5.69 Å². The summed E-state index contributed by atoms with van der Waals surface area (Å²) in [6.07, 6.45) is 0. The van der Waals surface area contributed by atoms with Crippen molar-refractivity contribution in [3.8, 4) is 16.9 Å².